The Morgan fingerprint density at radius 2 is 1.94 bits per heavy atom. The van der Waals surface area contributed by atoms with E-state index in [2.05, 4.69) is 22.1 Å². The average Bonchev–Trinajstić information content (AvgIpc) is 3.40. The second-order valence-electron chi connectivity index (χ2n) is 8.03. The van der Waals surface area contributed by atoms with Crippen molar-refractivity contribution in [2.75, 3.05) is 13.6 Å². The Hall–Kier alpha value is -4.39. The van der Waals surface area contributed by atoms with Crippen molar-refractivity contribution in [3.05, 3.63) is 83.9 Å². The summed E-state index contributed by atoms with van der Waals surface area (Å²) < 4.78 is 0. The fourth-order valence-electron chi connectivity index (χ4n) is 4.33. The minimum absolute atomic E-state index is 0.0684. The number of H-pyrrole nitrogens is 1. The molecule has 0 saturated heterocycles. The third kappa shape index (κ3) is 3.43. The second-order valence-corrected chi connectivity index (χ2v) is 8.03. The van der Waals surface area contributed by atoms with E-state index in [0.29, 0.717) is 0 Å². The Kier molecular flexibility index (Phi) is 4.94. The number of likely N-dealkylation sites (N-methyl/N-ethyl adjacent to an activating group) is 1. The van der Waals surface area contributed by atoms with Crippen LogP contribution in [-0.4, -0.2) is 45.6 Å². The highest BCUT2D eigenvalue weighted by Crippen LogP contribution is 2.39. The standard InChI is InChI=1S/C26H22N4O3/c1-15(25(32)27-2)13-30-14-20-18(9-11-22(31)23(20)26(30)33)17-8-10-21-19(12-17)24(29-28-21)16-6-4-3-5-7-16/h3-12,31H,1,13-14H2,2H3,(H,27,32)(H,28,29). The van der Waals surface area contributed by atoms with Crippen molar-refractivity contribution in [3.63, 3.8) is 0 Å². The first-order chi connectivity index (χ1) is 16.0. The molecule has 1 aliphatic rings. The van der Waals surface area contributed by atoms with Crippen molar-refractivity contribution in [1.29, 1.82) is 0 Å². The molecule has 0 saturated carbocycles. The van der Waals surface area contributed by atoms with Crippen LogP contribution in [0.15, 0.2) is 72.8 Å². The number of benzene rings is 3. The van der Waals surface area contributed by atoms with E-state index < -0.39 is 0 Å². The van der Waals surface area contributed by atoms with E-state index in [-0.39, 0.29) is 41.8 Å². The summed E-state index contributed by atoms with van der Waals surface area (Å²) in [5, 5.41) is 21.5. The number of rotatable bonds is 5. The zero-order chi connectivity index (χ0) is 23.1. The number of hydrogen-bond donors (Lipinski definition) is 3. The maximum atomic E-state index is 13.0. The Balaban J connectivity index is 1.57. The number of hydrogen-bond acceptors (Lipinski definition) is 4. The van der Waals surface area contributed by atoms with Gasteiger partial charge in [-0.3, -0.25) is 14.7 Å². The van der Waals surface area contributed by atoms with Gasteiger partial charge in [-0.2, -0.15) is 5.10 Å². The van der Waals surface area contributed by atoms with Gasteiger partial charge >= 0.3 is 0 Å². The van der Waals surface area contributed by atoms with Gasteiger partial charge in [0.15, 0.2) is 0 Å². The molecule has 7 nitrogen and oxygen atoms in total. The number of amides is 2. The molecule has 0 spiro atoms. The lowest BCUT2D eigenvalue weighted by Crippen LogP contribution is -2.31. The van der Waals surface area contributed by atoms with E-state index in [1.54, 1.807) is 6.07 Å². The van der Waals surface area contributed by atoms with Crippen LogP contribution in [0.5, 0.6) is 5.75 Å². The number of nitrogens with zero attached hydrogens (tertiary/aromatic N) is 2. The van der Waals surface area contributed by atoms with E-state index >= 15 is 0 Å². The summed E-state index contributed by atoms with van der Waals surface area (Å²) in [4.78, 5) is 26.4. The monoisotopic (exact) mass is 438 g/mol. The van der Waals surface area contributed by atoms with Gasteiger partial charge in [0, 0.05) is 30.1 Å². The lowest BCUT2D eigenvalue weighted by molar-refractivity contribution is -0.117. The predicted octanol–water partition coefficient (Wildman–Crippen LogP) is 3.86. The quantitative estimate of drug-likeness (QED) is 0.412. The summed E-state index contributed by atoms with van der Waals surface area (Å²) in [6.45, 7) is 4.15. The minimum atomic E-state index is -0.318. The maximum Gasteiger partial charge on any atom is 0.258 e. The van der Waals surface area contributed by atoms with Crippen LogP contribution in [0.4, 0.5) is 0 Å². The SMILES string of the molecule is C=C(CN1Cc2c(-c3ccc4[nH]nc(-c5ccccc5)c4c3)ccc(O)c2C1=O)C(=O)NC. The number of nitrogens with one attached hydrogen (secondary N) is 2. The molecule has 0 fully saturated rings. The number of carbonyl (C=O) groups excluding carboxylic acids is 2. The first-order valence-corrected chi connectivity index (χ1v) is 10.6. The fraction of sp³-hybridized carbons (Fsp3) is 0.115. The lowest BCUT2D eigenvalue weighted by Gasteiger charge is -2.16. The van der Waals surface area contributed by atoms with Crippen LogP contribution in [-0.2, 0) is 11.3 Å². The van der Waals surface area contributed by atoms with Gasteiger partial charge in [0.1, 0.15) is 5.75 Å². The van der Waals surface area contributed by atoms with Crippen LogP contribution in [0.25, 0.3) is 33.3 Å². The third-order valence-corrected chi connectivity index (χ3v) is 5.99. The summed E-state index contributed by atoms with van der Waals surface area (Å²) >= 11 is 0. The van der Waals surface area contributed by atoms with Crippen LogP contribution in [0.1, 0.15) is 15.9 Å². The molecule has 7 heteroatoms. The predicted molar refractivity (Wildman–Crippen MR) is 127 cm³/mol. The maximum absolute atomic E-state index is 13.0. The summed E-state index contributed by atoms with van der Waals surface area (Å²) in [6.07, 6.45) is 0. The number of aromatic nitrogens is 2. The number of phenolic OH excluding ortho intramolecular Hbond substituents is 1. The van der Waals surface area contributed by atoms with E-state index in [0.717, 1.165) is 38.9 Å². The molecule has 2 heterocycles. The van der Waals surface area contributed by atoms with Crippen LogP contribution < -0.4 is 5.32 Å². The smallest absolute Gasteiger partial charge is 0.258 e. The number of aromatic hydroxyl groups is 1. The fourth-order valence-corrected chi connectivity index (χ4v) is 4.33. The highest BCUT2D eigenvalue weighted by molar-refractivity contribution is 6.05. The molecular formula is C26H22N4O3. The molecule has 4 aromatic rings. The van der Waals surface area contributed by atoms with Gasteiger partial charge in [-0.15, -0.1) is 0 Å². The highest BCUT2D eigenvalue weighted by atomic mass is 16.3. The molecule has 0 radical (unpaired) electrons. The van der Waals surface area contributed by atoms with E-state index in [4.69, 9.17) is 0 Å². The van der Waals surface area contributed by atoms with Gasteiger partial charge in [-0.1, -0.05) is 49.0 Å². The van der Waals surface area contributed by atoms with Crippen molar-refractivity contribution in [1.82, 2.24) is 20.4 Å². The van der Waals surface area contributed by atoms with Crippen molar-refractivity contribution in [3.8, 4) is 28.1 Å². The van der Waals surface area contributed by atoms with E-state index in [1.807, 2.05) is 54.6 Å². The van der Waals surface area contributed by atoms with Crippen molar-refractivity contribution in [2.24, 2.45) is 0 Å². The second kappa shape index (κ2) is 7.94. The summed E-state index contributed by atoms with van der Waals surface area (Å²) in [5.74, 6) is -0.702. The topological polar surface area (TPSA) is 98.3 Å². The van der Waals surface area contributed by atoms with Crippen molar-refractivity contribution in [2.45, 2.75) is 6.54 Å². The first kappa shape index (κ1) is 20.5. The number of phenols is 1. The molecule has 5 rings (SSSR count). The summed E-state index contributed by atoms with van der Waals surface area (Å²) in [7, 11) is 1.52. The highest BCUT2D eigenvalue weighted by Gasteiger charge is 2.33. The molecule has 0 aliphatic carbocycles. The Bertz CT molecular complexity index is 1420. The number of aromatic amines is 1. The van der Waals surface area contributed by atoms with Crippen molar-refractivity contribution >= 4 is 22.7 Å². The molecule has 3 N–H and O–H groups in total. The Morgan fingerprint density at radius 1 is 1.15 bits per heavy atom. The summed E-state index contributed by atoms with van der Waals surface area (Å²) in [5.41, 5.74) is 5.82. The molecule has 1 aromatic heterocycles. The summed E-state index contributed by atoms with van der Waals surface area (Å²) in [6, 6.07) is 19.3. The van der Waals surface area contributed by atoms with Gasteiger partial charge in [0.25, 0.3) is 5.91 Å². The minimum Gasteiger partial charge on any atom is -0.507 e. The third-order valence-electron chi connectivity index (χ3n) is 5.99. The average molecular weight is 438 g/mol. The normalized spacial score (nSPS) is 12.8. The van der Waals surface area contributed by atoms with Crippen LogP contribution in [0.3, 0.4) is 0 Å². The molecule has 3 aromatic carbocycles. The molecule has 0 atom stereocenters. The Labute approximate surface area is 190 Å². The van der Waals surface area contributed by atoms with Crippen LogP contribution in [0.2, 0.25) is 0 Å². The first-order valence-electron chi connectivity index (χ1n) is 10.6. The molecule has 33 heavy (non-hydrogen) atoms. The number of fused-ring (bicyclic) bond motifs is 2. The number of carbonyl (C=O) groups is 2. The van der Waals surface area contributed by atoms with E-state index in [9.17, 15) is 14.7 Å². The zero-order valence-electron chi connectivity index (χ0n) is 18.1. The Morgan fingerprint density at radius 3 is 2.70 bits per heavy atom. The van der Waals surface area contributed by atoms with Crippen LogP contribution >= 0.6 is 0 Å². The van der Waals surface area contributed by atoms with Gasteiger partial charge in [-0.25, -0.2) is 0 Å². The van der Waals surface area contributed by atoms with Gasteiger partial charge in [-0.05, 0) is 34.9 Å². The molecule has 1 aliphatic heterocycles. The van der Waals surface area contributed by atoms with Crippen molar-refractivity contribution < 1.29 is 14.7 Å². The zero-order valence-corrected chi connectivity index (χ0v) is 18.1. The van der Waals surface area contributed by atoms with Crippen LogP contribution in [0, 0.1) is 0 Å². The molecular weight excluding hydrogens is 416 g/mol. The lowest BCUT2D eigenvalue weighted by atomic mass is 9.94. The van der Waals surface area contributed by atoms with Gasteiger partial charge in [0.2, 0.25) is 5.91 Å². The largest absolute Gasteiger partial charge is 0.507 e. The van der Waals surface area contributed by atoms with Gasteiger partial charge in [0.05, 0.1) is 23.3 Å². The van der Waals surface area contributed by atoms with E-state index in [1.165, 1.54) is 11.9 Å². The molecule has 2 amide bonds. The van der Waals surface area contributed by atoms with Gasteiger partial charge < -0.3 is 15.3 Å². The molecule has 164 valence electrons. The molecule has 0 unspecified atom stereocenters. The molecule has 0 bridgehead atoms.